The van der Waals surface area contributed by atoms with Crippen molar-refractivity contribution >= 4 is 23.4 Å². The smallest absolute Gasteiger partial charge is 0.256 e. The van der Waals surface area contributed by atoms with Gasteiger partial charge in [0, 0.05) is 49.9 Å². The van der Waals surface area contributed by atoms with Crippen LogP contribution in [-0.2, 0) is 17.8 Å². The number of rotatable bonds is 9. The van der Waals surface area contributed by atoms with Crippen molar-refractivity contribution in [1.82, 2.24) is 29.9 Å². The van der Waals surface area contributed by atoms with E-state index < -0.39 is 23.6 Å². The lowest BCUT2D eigenvalue weighted by molar-refractivity contribution is -0.137. The molecule has 1 saturated carbocycles. The third-order valence-corrected chi connectivity index (χ3v) is 10.8. The normalized spacial score (nSPS) is 20.1. The van der Waals surface area contributed by atoms with Gasteiger partial charge in [-0.3, -0.25) is 14.3 Å². The Bertz CT molecular complexity index is 1460. The number of likely N-dealkylation sites (tertiary alicyclic amines) is 2. The molecule has 1 aromatic heterocycles. The zero-order valence-electron chi connectivity index (χ0n) is 26.2. The summed E-state index contributed by atoms with van der Waals surface area (Å²) in [4.78, 5) is 35.0. The number of nitrogens with one attached hydrogen (secondary N) is 1. The van der Waals surface area contributed by atoms with Crippen molar-refractivity contribution < 1.29 is 18.4 Å². The first kappa shape index (κ1) is 32.6. The second kappa shape index (κ2) is 14.6. The molecule has 8 nitrogen and oxygen atoms in total. The minimum absolute atomic E-state index is 0.0156. The molecule has 3 fully saturated rings. The first-order valence-corrected chi connectivity index (χ1v) is 17.0. The van der Waals surface area contributed by atoms with Crippen molar-refractivity contribution in [2.24, 2.45) is 11.3 Å². The van der Waals surface area contributed by atoms with Crippen molar-refractivity contribution in [2.45, 2.75) is 82.8 Å². The number of hydrogen-bond acceptors (Lipinski definition) is 5. The topological polar surface area (TPSA) is 83.4 Å². The maximum atomic E-state index is 14.3. The average molecular weight is 653 g/mol. The first-order valence-electron chi connectivity index (χ1n) is 16.7. The van der Waals surface area contributed by atoms with Crippen LogP contribution in [0.1, 0.15) is 73.7 Å². The second-order valence-corrected chi connectivity index (χ2v) is 13.8. The summed E-state index contributed by atoms with van der Waals surface area (Å²) in [6, 6.07) is 10.3. The Morgan fingerprint density at radius 3 is 2.30 bits per heavy atom. The molecule has 0 spiro atoms. The number of benzene rings is 2. The van der Waals surface area contributed by atoms with Gasteiger partial charge in [-0.1, -0.05) is 43.0 Å². The monoisotopic (exact) mass is 652 g/mol. The molecule has 0 radical (unpaired) electrons. The molecular formula is C35H43ClF2N6O2. The van der Waals surface area contributed by atoms with Gasteiger partial charge in [-0.05, 0) is 86.1 Å². The van der Waals surface area contributed by atoms with Crippen LogP contribution in [0.4, 0.5) is 8.78 Å². The molecule has 0 unspecified atom stereocenters. The summed E-state index contributed by atoms with van der Waals surface area (Å²) in [5.74, 6) is -1.28. The van der Waals surface area contributed by atoms with E-state index in [1.807, 2.05) is 40.2 Å². The van der Waals surface area contributed by atoms with Crippen LogP contribution in [0.2, 0.25) is 5.02 Å². The Balaban J connectivity index is 1.12. The number of hydrogen-bond donors (Lipinski definition) is 1. The van der Waals surface area contributed by atoms with Gasteiger partial charge in [-0.15, -0.1) is 0 Å². The number of amides is 2. The van der Waals surface area contributed by atoms with Crippen LogP contribution < -0.4 is 5.32 Å². The highest BCUT2D eigenvalue weighted by Gasteiger charge is 2.44. The summed E-state index contributed by atoms with van der Waals surface area (Å²) in [6.07, 6.45) is 13.4. The van der Waals surface area contributed by atoms with E-state index in [0.717, 1.165) is 37.1 Å². The summed E-state index contributed by atoms with van der Waals surface area (Å²) in [7, 11) is 0. The van der Waals surface area contributed by atoms with E-state index in [1.165, 1.54) is 38.2 Å². The second-order valence-electron chi connectivity index (χ2n) is 13.4. The van der Waals surface area contributed by atoms with E-state index in [9.17, 15) is 18.4 Å². The van der Waals surface area contributed by atoms with Crippen LogP contribution in [-0.4, -0.2) is 74.6 Å². The maximum absolute atomic E-state index is 14.3. The Morgan fingerprint density at radius 2 is 1.65 bits per heavy atom. The summed E-state index contributed by atoms with van der Waals surface area (Å²) in [5.41, 5.74) is 1.00. The van der Waals surface area contributed by atoms with Gasteiger partial charge in [0.1, 0.15) is 24.3 Å². The Kier molecular flexibility index (Phi) is 10.3. The average Bonchev–Trinajstić information content (AvgIpc) is 3.59. The molecular weight excluding hydrogens is 610 g/mol. The standard InChI is InChI=1S/C35H43ClF2N6O2/c36-27-8-6-25(7-9-27)20-32(41-29-12-16-42(17-13-29)33(45)30-11-10-28(37)21-31(30)38)34(46)43-18-14-35(15-19-43,22-44-24-39-23-40-44)26-4-2-1-3-5-26/h6-11,21,23-24,26,29,32,41H,1-5,12-20,22H2/t32-/m1/s1. The molecule has 6 rings (SSSR count). The Morgan fingerprint density at radius 1 is 0.935 bits per heavy atom. The van der Waals surface area contributed by atoms with Crippen LogP contribution in [0.25, 0.3) is 0 Å². The molecule has 0 bridgehead atoms. The number of aromatic nitrogens is 3. The maximum Gasteiger partial charge on any atom is 0.256 e. The molecule has 46 heavy (non-hydrogen) atoms. The van der Waals surface area contributed by atoms with E-state index in [0.29, 0.717) is 56.4 Å². The van der Waals surface area contributed by atoms with E-state index in [2.05, 4.69) is 15.4 Å². The molecule has 1 N–H and O–H groups in total. The fourth-order valence-electron chi connectivity index (χ4n) is 7.88. The van der Waals surface area contributed by atoms with E-state index >= 15 is 0 Å². The highest BCUT2D eigenvalue weighted by Crippen LogP contribution is 2.47. The van der Waals surface area contributed by atoms with Gasteiger partial charge in [0.15, 0.2) is 0 Å². The molecule has 2 amide bonds. The van der Waals surface area contributed by atoms with Gasteiger partial charge in [-0.25, -0.2) is 13.8 Å². The minimum Gasteiger partial charge on any atom is -0.341 e. The lowest BCUT2D eigenvalue weighted by atomic mass is 9.63. The van der Waals surface area contributed by atoms with E-state index in [-0.39, 0.29) is 22.9 Å². The lowest BCUT2D eigenvalue weighted by Gasteiger charge is -2.48. The van der Waals surface area contributed by atoms with Gasteiger partial charge in [-0.2, -0.15) is 5.10 Å². The third kappa shape index (κ3) is 7.60. The van der Waals surface area contributed by atoms with E-state index in [4.69, 9.17) is 11.6 Å². The van der Waals surface area contributed by atoms with Gasteiger partial charge in [0.05, 0.1) is 11.6 Å². The SMILES string of the molecule is O=C(c1ccc(F)cc1F)N1CCC(N[C@H](Cc2ccc(Cl)cc2)C(=O)N2CCC(Cn3cncn3)(C3CCCCC3)CC2)CC1. The van der Waals surface area contributed by atoms with Crippen molar-refractivity contribution in [3.8, 4) is 0 Å². The third-order valence-electron chi connectivity index (χ3n) is 10.5. The zero-order chi connectivity index (χ0) is 32.1. The predicted octanol–water partition coefficient (Wildman–Crippen LogP) is 5.90. The summed E-state index contributed by atoms with van der Waals surface area (Å²) in [6.45, 7) is 3.10. The van der Waals surface area contributed by atoms with Gasteiger partial charge in [0.25, 0.3) is 5.91 Å². The van der Waals surface area contributed by atoms with Gasteiger partial charge < -0.3 is 15.1 Å². The summed E-state index contributed by atoms with van der Waals surface area (Å²) < 4.78 is 29.6. The number of nitrogens with zero attached hydrogens (tertiary/aromatic N) is 5. The highest BCUT2D eigenvalue weighted by atomic mass is 35.5. The quantitative estimate of drug-likeness (QED) is 0.311. The van der Waals surface area contributed by atoms with Crippen molar-refractivity contribution in [2.75, 3.05) is 26.2 Å². The molecule has 2 aromatic carbocycles. The van der Waals surface area contributed by atoms with E-state index in [1.54, 1.807) is 11.2 Å². The van der Waals surface area contributed by atoms with Crippen LogP contribution in [0, 0.1) is 23.0 Å². The zero-order valence-corrected chi connectivity index (χ0v) is 27.0. The van der Waals surface area contributed by atoms with Crippen molar-refractivity contribution in [1.29, 1.82) is 0 Å². The molecule has 246 valence electrons. The summed E-state index contributed by atoms with van der Waals surface area (Å²) >= 11 is 6.16. The van der Waals surface area contributed by atoms with Gasteiger partial charge >= 0.3 is 0 Å². The first-order chi connectivity index (χ1) is 22.3. The molecule has 2 saturated heterocycles. The molecule has 11 heteroatoms. The highest BCUT2D eigenvalue weighted by molar-refractivity contribution is 6.30. The van der Waals surface area contributed by atoms with Crippen molar-refractivity contribution in [3.05, 3.63) is 82.9 Å². The van der Waals surface area contributed by atoms with Crippen LogP contribution >= 0.6 is 11.6 Å². The number of piperidine rings is 2. The van der Waals surface area contributed by atoms with Crippen LogP contribution in [0.3, 0.4) is 0 Å². The fourth-order valence-corrected chi connectivity index (χ4v) is 8.01. The molecule has 1 atom stereocenters. The Hall–Kier alpha value is -3.37. The van der Waals surface area contributed by atoms with Crippen LogP contribution in [0.15, 0.2) is 55.1 Å². The molecule has 1 aliphatic carbocycles. The molecule has 3 aromatic rings. The lowest BCUT2D eigenvalue weighted by Crippen LogP contribution is -2.56. The number of halogens is 3. The Labute approximate surface area is 274 Å². The van der Waals surface area contributed by atoms with Gasteiger partial charge in [0.2, 0.25) is 5.91 Å². The van der Waals surface area contributed by atoms with Crippen molar-refractivity contribution in [3.63, 3.8) is 0 Å². The largest absolute Gasteiger partial charge is 0.341 e. The predicted molar refractivity (Wildman–Crippen MR) is 172 cm³/mol. The fraction of sp³-hybridized carbons (Fsp3) is 0.543. The summed E-state index contributed by atoms with van der Waals surface area (Å²) in [5, 5.41) is 8.74. The number of carbonyl (C=O) groups excluding carboxylic acids is 2. The molecule has 3 aliphatic rings. The minimum atomic E-state index is -0.853. The van der Waals surface area contributed by atoms with Crippen LogP contribution in [0.5, 0.6) is 0 Å². The molecule has 2 aliphatic heterocycles. The molecule has 3 heterocycles. The number of carbonyl (C=O) groups is 2.